The Morgan fingerprint density at radius 1 is 0.962 bits per heavy atom. The fourth-order valence-corrected chi connectivity index (χ4v) is 3.70. The minimum atomic E-state index is -0.400. The van der Waals surface area contributed by atoms with Crippen LogP contribution in [0.2, 0.25) is 0 Å². The number of tetrazole rings is 1. The number of aromatic amines is 1. The first kappa shape index (κ1) is 16.2. The van der Waals surface area contributed by atoms with Crippen LogP contribution in [0.25, 0.3) is 21.6 Å². The monoisotopic (exact) mass is 361 g/mol. The zero-order valence-electron chi connectivity index (χ0n) is 13.7. The Hall–Kier alpha value is -3.32. The molecule has 0 spiro atoms. The van der Waals surface area contributed by atoms with E-state index in [1.165, 1.54) is 11.3 Å². The molecule has 4 rings (SSSR count). The van der Waals surface area contributed by atoms with Crippen molar-refractivity contribution in [3.63, 3.8) is 0 Å². The van der Waals surface area contributed by atoms with Gasteiger partial charge in [-0.1, -0.05) is 53.7 Å². The molecule has 0 aliphatic heterocycles. The summed E-state index contributed by atoms with van der Waals surface area (Å²) in [6.07, 6.45) is 0.643. The Morgan fingerprint density at radius 2 is 1.62 bits per heavy atom. The fraction of sp³-hybridized carbons (Fsp3) is 0.0526. The second kappa shape index (κ2) is 6.89. The van der Waals surface area contributed by atoms with E-state index in [-0.39, 0.29) is 0 Å². The number of carbonyl (C=O) groups excluding carboxylic acids is 1. The molecule has 2 aromatic heterocycles. The first-order chi connectivity index (χ1) is 12.7. The van der Waals surface area contributed by atoms with E-state index >= 15 is 0 Å². The fourth-order valence-electron chi connectivity index (χ4n) is 2.80. The van der Waals surface area contributed by atoms with E-state index in [1.54, 1.807) is 6.07 Å². The van der Waals surface area contributed by atoms with Gasteiger partial charge in [0.15, 0.2) is 5.82 Å². The molecule has 2 aromatic carbocycles. The van der Waals surface area contributed by atoms with Crippen LogP contribution < -0.4 is 5.73 Å². The van der Waals surface area contributed by atoms with Gasteiger partial charge in [-0.2, -0.15) is 5.21 Å². The van der Waals surface area contributed by atoms with Crippen LogP contribution in [0.5, 0.6) is 0 Å². The number of thiophene rings is 1. The Morgan fingerprint density at radius 3 is 2.23 bits per heavy atom. The van der Waals surface area contributed by atoms with Crippen LogP contribution in [0.3, 0.4) is 0 Å². The van der Waals surface area contributed by atoms with E-state index in [0.29, 0.717) is 17.8 Å². The van der Waals surface area contributed by atoms with Gasteiger partial charge in [-0.05, 0) is 33.7 Å². The quantitative estimate of drug-likeness (QED) is 0.570. The van der Waals surface area contributed by atoms with Crippen LogP contribution in [0.15, 0.2) is 60.0 Å². The predicted octanol–water partition coefficient (Wildman–Crippen LogP) is 3.28. The van der Waals surface area contributed by atoms with Crippen molar-refractivity contribution in [2.24, 2.45) is 5.73 Å². The molecule has 1 amide bonds. The molecule has 0 aliphatic rings. The van der Waals surface area contributed by atoms with Crippen LogP contribution in [-0.2, 0) is 6.42 Å². The van der Waals surface area contributed by atoms with Crippen molar-refractivity contribution < 1.29 is 4.79 Å². The number of benzene rings is 2. The third-order valence-electron chi connectivity index (χ3n) is 4.12. The average molecular weight is 361 g/mol. The summed E-state index contributed by atoms with van der Waals surface area (Å²) in [5, 5.41) is 15.8. The van der Waals surface area contributed by atoms with Gasteiger partial charge < -0.3 is 5.73 Å². The van der Waals surface area contributed by atoms with Gasteiger partial charge in [-0.25, -0.2) is 0 Å². The molecule has 0 radical (unpaired) electrons. The number of aromatic nitrogens is 4. The molecule has 0 atom stereocenters. The van der Waals surface area contributed by atoms with Crippen LogP contribution in [-0.4, -0.2) is 26.5 Å². The van der Waals surface area contributed by atoms with E-state index in [4.69, 9.17) is 5.73 Å². The zero-order chi connectivity index (χ0) is 17.9. The number of nitrogens with one attached hydrogen (secondary N) is 1. The molecule has 0 aliphatic carbocycles. The van der Waals surface area contributed by atoms with Crippen molar-refractivity contribution in [2.45, 2.75) is 6.42 Å². The SMILES string of the molecule is NC(=O)c1ccsc1-c1ccc(-c2ccc(Cc3nn[nH]n3)cc2)cc1. The third kappa shape index (κ3) is 3.25. The number of nitrogens with zero attached hydrogens (tertiary/aromatic N) is 3. The number of hydrogen-bond acceptors (Lipinski definition) is 5. The summed E-state index contributed by atoms with van der Waals surface area (Å²) >= 11 is 1.52. The predicted molar refractivity (Wildman–Crippen MR) is 101 cm³/mol. The van der Waals surface area contributed by atoms with E-state index in [0.717, 1.165) is 27.1 Å². The minimum absolute atomic E-state index is 0.400. The van der Waals surface area contributed by atoms with Crippen molar-refractivity contribution in [1.29, 1.82) is 0 Å². The zero-order valence-corrected chi connectivity index (χ0v) is 14.5. The number of nitrogens with two attached hydrogens (primary N) is 1. The topological polar surface area (TPSA) is 97.5 Å². The van der Waals surface area contributed by atoms with Gasteiger partial charge >= 0.3 is 0 Å². The standard InChI is InChI=1S/C19H15N5OS/c20-19(25)16-9-10-26-18(16)15-7-5-14(6-8-15)13-3-1-12(2-4-13)11-17-21-23-24-22-17/h1-10H,11H2,(H2,20,25)(H,21,22,23,24). The number of amides is 1. The summed E-state index contributed by atoms with van der Waals surface area (Å²) < 4.78 is 0. The number of primary amides is 1. The summed E-state index contributed by atoms with van der Waals surface area (Å²) in [7, 11) is 0. The van der Waals surface area contributed by atoms with Crippen molar-refractivity contribution in [3.05, 3.63) is 76.9 Å². The molecule has 0 saturated heterocycles. The van der Waals surface area contributed by atoms with Crippen LogP contribution in [0.1, 0.15) is 21.7 Å². The number of rotatable bonds is 5. The maximum Gasteiger partial charge on any atom is 0.250 e. The van der Waals surface area contributed by atoms with E-state index in [2.05, 4.69) is 44.9 Å². The highest BCUT2D eigenvalue weighted by Crippen LogP contribution is 2.31. The summed E-state index contributed by atoms with van der Waals surface area (Å²) in [4.78, 5) is 12.4. The maximum atomic E-state index is 11.5. The maximum absolute atomic E-state index is 11.5. The Balaban J connectivity index is 1.55. The van der Waals surface area contributed by atoms with E-state index in [9.17, 15) is 4.79 Å². The molecule has 6 nitrogen and oxygen atoms in total. The van der Waals surface area contributed by atoms with Crippen molar-refractivity contribution in [2.75, 3.05) is 0 Å². The third-order valence-corrected chi connectivity index (χ3v) is 5.08. The summed E-state index contributed by atoms with van der Waals surface area (Å²) in [5.74, 6) is 0.269. The molecule has 0 fully saturated rings. The van der Waals surface area contributed by atoms with Crippen molar-refractivity contribution in [3.8, 4) is 21.6 Å². The highest BCUT2D eigenvalue weighted by molar-refractivity contribution is 7.14. The van der Waals surface area contributed by atoms with Gasteiger partial charge in [0.2, 0.25) is 5.91 Å². The number of H-pyrrole nitrogens is 1. The Labute approximate surface area is 153 Å². The van der Waals surface area contributed by atoms with E-state index in [1.807, 2.05) is 29.6 Å². The molecule has 26 heavy (non-hydrogen) atoms. The van der Waals surface area contributed by atoms with Gasteiger partial charge in [0.1, 0.15) is 0 Å². The molecule has 0 unspecified atom stereocenters. The van der Waals surface area contributed by atoms with Crippen LogP contribution in [0.4, 0.5) is 0 Å². The van der Waals surface area contributed by atoms with E-state index < -0.39 is 5.91 Å². The molecule has 7 heteroatoms. The first-order valence-electron chi connectivity index (χ1n) is 8.00. The molecule has 4 aromatic rings. The summed E-state index contributed by atoms with van der Waals surface area (Å²) in [6.45, 7) is 0. The molecule has 0 bridgehead atoms. The molecular weight excluding hydrogens is 346 g/mol. The highest BCUT2D eigenvalue weighted by Gasteiger charge is 2.11. The second-order valence-electron chi connectivity index (χ2n) is 5.81. The molecule has 0 saturated carbocycles. The number of hydrogen-bond donors (Lipinski definition) is 2. The van der Waals surface area contributed by atoms with Crippen molar-refractivity contribution in [1.82, 2.24) is 20.6 Å². The Bertz CT molecular complexity index is 1020. The lowest BCUT2D eigenvalue weighted by atomic mass is 10.0. The highest BCUT2D eigenvalue weighted by atomic mass is 32.1. The van der Waals surface area contributed by atoms with Gasteiger partial charge in [0, 0.05) is 11.3 Å². The summed E-state index contributed by atoms with van der Waals surface area (Å²) in [5.41, 5.74) is 10.3. The Kier molecular flexibility index (Phi) is 4.28. The van der Waals surface area contributed by atoms with Gasteiger partial charge in [-0.15, -0.1) is 21.5 Å². The smallest absolute Gasteiger partial charge is 0.250 e. The van der Waals surface area contributed by atoms with Gasteiger partial charge in [-0.3, -0.25) is 4.79 Å². The molecular formula is C19H15N5OS. The van der Waals surface area contributed by atoms with Crippen molar-refractivity contribution >= 4 is 17.2 Å². The molecule has 128 valence electrons. The summed E-state index contributed by atoms with van der Waals surface area (Å²) in [6, 6.07) is 18.2. The minimum Gasteiger partial charge on any atom is -0.366 e. The second-order valence-corrected chi connectivity index (χ2v) is 6.72. The van der Waals surface area contributed by atoms with Crippen LogP contribution in [0, 0.1) is 0 Å². The number of carbonyl (C=O) groups is 1. The molecule has 2 heterocycles. The molecule has 3 N–H and O–H groups in total. The largest absolute Gasteiger partial charge is 0.366 e. The normalized spacial score (nSPS) is 10.8. The van der Waals surface area contributed by atoms with Gasteiger partial charge in [0.25, 0.3) is 0 Å². The lowest BCUT2D eigenvalue weighted by Gasteiger charge is -2.06. The average Bonchev–Trinajstić information content (AvgIpc) is 3.34. The lowest BCUT2D eigenvalue weighted by Crippen LogP contribution is -2.10. The van der Waals surface area contributed by atoms with Crippen LogP contribution >= 0.6 is 11.3 Å². The first-order valence-corrected chi connectivity index (χ1v) is 8.88. The van der Waals surface area contributed by atoms with Gasteiger partial charge in [0.05, 0.1) is 5.56 Å². The lowest BCUT2D eigenvalue weighted by molar-refractivity contribution is 0.100.